The highest BCUT2D eigenvalue weighted by molar-refractivity contribution is 6.42. The molecule has 1 unspecified atom stereocenters. The quantitative estimate of drug-likeness (QED) is 0.773. The minimum atomic E-state index is -1.07. The smallest absolute Gasteiger partial charge is 0.335 e. The summed E-state index contributed by atoms with van der Waals surface area (Å²) in [6, 6.07) is 8.29. The van der Waals surface area contributed by atoms with E-state index >= 15 is 0 Å². The number of rotatable bonds is 4. The van der Waals surface area contributed by atoms with E-state index in [1.165, 1.54) is 24.3 Å². The number of aryl methyl sites for hydroxylation is 1. The van der Waals surface area contributed by atoms with Gasteiger partial charge in [0.1, 0.15) is 6.04 Å². The summed E-state index contributed by atoms with van der Waals surface area (Å²) in [4.78, 5) is 37.2. The Labute approximate surface area is 159 Å². The summed E-state index contributed by atoms with van der Waals surface area (Å²) in [7, 11) is 0. The molecule has 2 N–H and O–H groups in total. The normalized spacial score (nSPS) is 16.9. The number of amides is 2. The molecule has 0 radical (unpaired) electrons. The van der Waals surface area contributed by atoms with Crippen LogP contribution in [0.25, 0.3) is 0 Å². The van der Waals surface area contributed by atoms with E-state index in [1.807, 2.05) is 0 Å². The van der Waals surface area contributed by atoms with E-state index in [9.17, 15) is 14.4 Å². The second-order valence-corrected chi connectivity index (χ2v) is 6.72. The van der Waals surface area contributed by atoms with Crippen molar-refractivity contribution in [3.8, 4) is 0 Å². The summed E-state index contributed by atoms with van der Waals surface area (Å²) in [5.74, 6) is -1.88. The molecular formula is C18H14Cl2N2O4. The van der Waals surface area contributed by atoms with Gasteiger partial charge in [-0.15, -0.1) is 0 Å². The van der Waals surface area contributed by atoms with Gasteiger partial charge in [-0.2, -0.15) is 0 Å². The number of anilines is 2. The van der Waals surface area contributed by atoms with Crippen LogP contribution in [-0.2, 0) is 9.59 Å². The summed E-state index contributed by atoms with van der Waals surface area (Å²) >= 11 is 11.8. The summed E-state index contributed by atoms with van der Waals surface area (Å²) in [6.45, 7) is 1.78. The standard InChI is InChI=1S/C18H14Cl2N2O4/c1-9-2-3-10(18(25)26)6-14(9)21-15-8-16(23)22(17(15)24)11-4-5-12(19)13(20)7-11/h2-7,15,21H,8H2,1H3,(H,25,26). The molecule has 1 atom stereocenters. The first-order chi connectivity index (χ1) is 12.3. The Balaban J connectivity index is 1.86. The van der Waals surface area contributed by atoms with Gasteiger partial charge in [-0.05, 0) is 42.8 Å². The average Bonchev–Trinajstić information content (AvgIpc) is 2.86. The van der Waals surface area contributed by atoms with Crippen molar-refractivity contribution in [3.63, 3.8) is 0 Å². The number of hydrogen-bond donors (Lipinski definition) is 2. The zero-order chi connectivity index (χ0) is 19.0. The van der Waals surface area contributed by atoms with Gasteiger partial charge in [-0.1, -0.05) is 29.3 Å². The van der Waals surface area contributed by atoms with Crippen molar-refractivity contribution in [3.05, 3.63) is 57.6 Å². The fraction of sp³-hybridized carbons (Fsp3) is 0.167. The molecule has 0 aromatic heterocycles. The molecule has 134 valence electrons. The van der Waals surface area contributed by atoms with Gasteiger partial charge in [-0.25, -0.2) is 9.69 Å². The van der Waals surface area contributed by atoms with E-state index in [0.29, 0.717) is 16.4 Å². The van der Waals surface area contributed by atoms with Crippen molar-refractivity contribution in [2.24, 2.45) is 0 Å². The Hall–Kier alpha value is -2.57. The number of hydrogen-bond acceptors (Lipinski definition) is 4. The highest BCUT2D eigenvalue weighted by atomic mass is 35.5. The summed E-state index contributed by atoms with van der Waals surface area (Å²) in [5.41, 5.74) is 1.70. The van der Waals surface area contributed by atoms with Gasteiger partial charge in [0.05, 0.1) is 27.7 Å². The molecule has 2 aromatic carbocycles. The van der Waals surface area contributed by atoms with Gasteiger partial charge < -0.3 is 10.4 Å². The zero-order valence-electron chi connectivity index (χ0n) is 13.6. The lowest BCUT2D eigenvalue weighted by atomic mass is 10.1. The van der Waals surface area contributed by atoms with Crippen molar-refractivity contribution < 1.29 is 19.5 Å². The molecule has 26 heavy (non-hydrogen) atoms. The molecule has 1 heterocycles. The Bertz CT molecular complexity index is 929. The third kappa shape index (κ3) is 3.38. The van der Waals surface area contributed by atoms with Crippen molar-refractivity contribution in [1.82, 2.24) is 0 Å². The molecule has 1 aliphatic rings. The molecule has 3 rings (SSSR count). The van der Waals surface area contributed by atoms with Crippen LogP contribution in [0, 0.1) is 6.92 Å². The Morgan fingerprint density at radius 3 is 2.54 bits per heavy atom. The number of nitrogens with zero attached hydrogens (tertiary/aromatic N) is 1. The molecule has 0 saturated carbocycles. The predicted octanol–water partition coefficient (Wildman–Crippen LogP) is 3.74. The molecule has 0 aliphatic carbocycles. The van der Waals surface area contributed by atoms with Gasteiger partial charge in [0, 0.05) is 5.69 Å². The molecule has 6 nitrogen and oxygen atoms in total. The molecule has 0 spiro atoms. The van der Waals surface area contributed by atoms with Crippen molar-refractivity contribution in [1.29, 1.82) is 0 Å². The third-order valence-corrected chi connectivity index (χ3v) is 4.86. The van der Waals surface area contributed by atoms with E-state index < -0.39 is 17.9 Å². The first-order valence-corrected chi connectivity index (χ1v) is 8.46. The Morgan fingerprint density at radius 2 is 1.88 bits per heavy atom. The minimum Gasteiger partial charge on any atom is -0.478 e. The van der Waals surface area contributed by atoms with Crippen LogP contribution in [0.4, 0.5) is 11.4 Å². The summed E-state index contributed by atoms with van der Waals surface area (Å²) in [5, 5.41) is 12.7. The fourth-order valence-corrected chi connectivity index (χ4v) is 3.03. The molecule has 1 saturated heterocycles. The molecule has 2 aromatic rings. The van der Waals surface area contributed by atoms with E-state index in [4.69, 9.17) is 28.3 Å². The largest absolute Gasteiger partial charge is 0.478 e. The maximum absolute atomic E-state index is 12.7. The second-order valence-electron chi connectivity index (χ2n) is 5.90. The van der Waals surface area contributed by atoms with E-state index in [0.717, 1.165) is 10.5 Å². The molecule has 1 fully saturated rings. The number of halogens is 2. The van der Waals surface area contributed by atoms with Crippen LogP contribution < -0.4 is 10.2 Å². The van der Waals surface area contributed by atoms with E-state index in [1.54, 1.807) is 19.1 Å². The molecular weight excluding hydrogens is 379 g/mol. The molecule has 8 heteroatoms. The van der Waals surface area contributed by atoms with Gasteiger partial charge >= 0.3 is 5.97 Å². The number of carboxylic acid groups (broad SMARTS) is 1. The number of benzene rings is 2. The number of aromatic carboxylic acids is 1. The average molecular weight is 393 g/mol. The zero-order valence-corrected chi connectivity index (χ0v) is 15.1. The number of nitrogens with one attached hydrogen (secondary N) is 1. The highest BCUT2D eigenvalue weighted by Crippen LogP contribution is 2.31. The summed E-state index contributed by atoms with van der Waals surface area (Å²) < 4.78 is 0. The van der Waals surface area contributed by atoms with E-state index in [2.05, 4.69) is 5.32 Å². The van der Waals surface area contributed by atoms with Gasteiger partial charge in [-0.3, -0.25) is 9.59 Å². The molecule has 1 aliphatic heterocycles. The van der Waals surface area contributed by atoms with Gasteiger partial charge in [0.25, 0.3) is 5.91 Å². The van der Waals surface area contributed by atoms with Crippen LogP contribution in [0.2, 0.25) is 10.0 Å². The number of carbonyl (C=O) groups excluding carboxylic acids is 2. The number of carbonyl (C=O) groups is 3. The van der Waals surface area contributed by atoms with Crippen LogP contribution >= 0.6 is 23.2 Å². The first-order valence-electron chi connectivity index (χ1n) is 7.70. The lowest BCUT2D eigenvalue weighted by Crippen LogP contribution is -2.35. The maximum atomic E-state index is 12.7. The third-order valence-electron chi connectivity index (χ3n) is 4.12. The van der Waals surface area contributed by atoms with Crippen LogP contribution in [0.3, 0.4) is 0 Å². The summed E-state index contributed by atoms with van der Waals surface area (Å²) in [6.07, 6.45) is -0.0458. The van der Waals surface area contributed by atoms with Crippen LogP contribution in [0.15, 0.2) is 36.4 Å². The van der Waals surface area contributed by atoms with Crippen molar-refractivity contribution in [2.75, 3.05) is 10.2 Å². The highest BCUT2D eigenvalue weighted by Gasteiger charge is 2.40. The number of carboxylic acids is 1. The SMILES string of the molecule is Cc1ccc(C(=O)O)cc1NC1CC(=O)N(c2ccc(Cl)c(Cl)c2)C1=O. The second kappa shape index (κ2) is 6.97. The lowest BCUT2D eigenvalue weighted by Gasteiger charge is -2.17. The fourth-order valence-electron chi connectivity index (χ4n) is 2.74. The van der Waals surface area contributed by atoms with E-state index in [-0.39, 0.29) is 22.9 Å². The van der Waals surface area contributed by atoms with Crippen molar-refractivity contribution >= 4 is 52.4 Å². The topological polar surface area (TPSA) is 86.7 Å². The monoisotopic (exact) mass is 392 g/mol. The van der Waals surface area contributed by atoms with Gasteiger partial charge in [0.15, 0.2) is 0 Å². The first kappa shape index (κ1) is 18.2. The van der Waals surface area contributed by atoms with Crippen LogP contribution in [-0.4, -0.2) is 28.9 Å². The molecule has 0 bridgehead atoms. The van der Waals surface area contributed by atoms with Crippen LogP contribution in [0.1, 0.15) is 22.3 Å². The maximum Gasteiger partial charge on any atom is 0.335 e. The molecule has 2 amide bonds. The van der Waals surface area contributed by atoms with Gasteiger partial charge in [0.2, 0.25) is 5.91 Å². The number of imide groups is 1. The minimum absolute atomic E-state index is 0.0458. The van der Waals surface area contributed by atoms with Crippen LogP contribution in [0.5, 0.6) is 0 Å². The Morgan fingerprint density at radius 1 is 1.15 bits per heavy atom. The predicted molar refractivity (Wildman–Crippen MR) is 99.1 cm³/mol. The van der Waals surface area contributed by atoms with Crippen molar-refractivity contribution in [2.45, 2.75) is 19.4 Å². The Kier molecular flexibility index (Phi) is 4.89. The lowest BCUT2D eigenvalue weighted by molar-refractivity contribution is -0.121.